The maximum absolute atomic E-state index is 12.8. The third-order valence-corrected chi connectivity index (χ3v) is 4.43. The Morgan fingerprint density at radius 2 is 1.69 bits per heavy atom. The fourth-order valence-corrected chi connectivity index (χ4v) is 2.92. The van der Waals surface area contributed by atoms with E-state index in [0.717, 1.165) is 0 Å². The van der Waals surface area contributed by atoms with Crippen LogP contribution >= 0.6 is 0 Å². The van der Waals surface area contributed by atoms with E-state index in [4.69, 9.17) is 0 Å². The highest BCUT2D eigenvalue weighted by Crippen LogP contribution is 2.19. The summed E-state index contributed by atoms with van der Waals surface area (Å²) in [6, 6.07) is 15.0. The third kappa shape index (κ3) is 4.53. The van der Waals surface area contributed by atoms with Crippen LogP contribution in [0.2, 0.25) is 0 Å². The molecule has 3 rings (SSSR count). The van der Waals surface area contributed by atoms with Crippen molar-refractivity contribution in [3.8, 4) is 0 Å². The number of hydrogen-bond donors (Lipinski definition) is 1. The van der Waals surface area contributed by atoms with Crippen LogP contribution in [-0.4, -0.2) is 36.0 Å². The van der Waals surface area contributed by atoms with Gasteiger partial charge in [0.05, 0.1) is 6.21 Å². The van der Waals surface area contributed by atoms with Gasteiger partial charge in [-0.1, -0.05) is 30.3 Å². The Morgan fingerprint density at radius 3 is 2.35 bits per heavy atom. The predicted molar refractivity (Wildman–Crippen MR) is 97.2 cm³/mol. The molecule has 0 spiro atoms. The van der Waals surface area contributed by atoms with E-state index in [0.29, 0.717) is 37.1 Å². The number of hydrogen-bond acceptors (Lipinski definition) is 3. The molecule has 2 aromatic carbocycles. The Labute approximate surface area is 151 Å². The highest BCUT2D eigenvalue weighted by molar-refractivity contribution is 5.94. The smallest absolute Gasteiger partial charge is 0.253 e. The van der Waals surface area contributed by atoms with Crippen molar-refractivity contribution in [1.82, 2.24) is 10.3 Å². The highest BCUT2D eigenvalue weighted by Gasteiger charge is 2.27. The molecule has 1 aliphatic heterocycles. The number of likely N-dealkylation sites (tertiary alicyclic amines) is 1. The van der Waals surface area contributed by atoms with Crippen LogP contribution in [0.15, 0.2) is 59.7 Å². The number of piperidine rings is 1. The number of carbonyl (C=O) groups excluding carboxylic acids is 2. The number of amides is 2. The van der Waals surface area contributed by atoms with Gasteiger partial charge in [-0.3, -0.25) is 9.59 Å². The standard InChI is InChI=1S/C20H20FN3O2/c21-18-8-6-15(7-9-18)14-22-23-19(25)16-10-12-24(13-11-16)20(26)17-4-2-1-3-5-17/h1-9,14,16H,10-13H2,(H,23,25)/b22-14-. The van der Waals surface area contributed by atoms with Crippen molar-refractivity contribution in [2.45, 2.75) is 12.8 Å². The summed E-state index contributed by atoms with van der Waals surface area (Å²) in [7, 11) is 0. The van der Waals surface area contributed by atoms with Crippen LogP contribution in [0.3, 0.4) is 0 Å². The lowest BCUT2D eigenvalue weighted by Crippen LogP contribution is -2.42. The monoisotopic (exact) mass is 353 g/mol. The summed E-state index contributed by atoms with van der Waals surface area (Å²) in [5.41, 5.74) is 3.89. The summed E-state index contributed by atoms with van der Waals surface area (Å²) >= 11 is 0. The Bertz CT molecular complexity index is 782. The number of nitrogens with one attached hydrogen (secondary N) is 1. The van der Waals surface area contributed by atoms with E-state index < -0.39 is 0 Å². The summed E-state index contributed by atoms with van der Waals surface area (Å²) in [5.74, 6) is -0.642. The van der Waals surface area contributed by atoms with Crippen molar-refractivity contribution < 1.29 is 14.0 Å². The van der Waals surface area contributed by atoms with Gasteiger partial charge in [-0.25, -0.2) is 9.82 Å². The van der Waals surface area contributed by atoms with Crippen LogP contribution < -0.4 is 5.43 Å². The van der Waals surface area contributed by atoms with Crippen LogP contribution in [0.4, 0.5) is 4.39 Å². The molecule has 0 saturated carbocycles. The average molecular weight is 353 g/mol. The Balaban J connectivity index is 1.47. The minimum absolute atomic E-state index is 0.00112. The predicted octanol–water partition coefficient (Wildman–Crippen LogP) is 2.83. The summed E-state index contributed by atoms with van der Waals surface area (Å²) in [6.07, 6.45) is 2.69. The second kappa shape index (κ2) is 8.38. The first-order valence-electron chi connectivity index (χ1n) is 8.56. The van der Waals surface area contributed by atoms with Crippen molar-refractivity contribution in [3.63, 3.8) is 0 Å². The summed E-state index contributed by atoms with van der Waals surface area (Å²) in [6.45, 7) is 1.10. The first kappa shape index (κ1) is 17.8. The molecule has 1 aliphatic rings. The molecule has 2 aromatic rings. The van der Waals surface area contributed by atoms with Gasteiger partial charge in [0.15, 0.2) is 0 Å². The fraction of sp³-hybridized carbons (Fsp3) is 0.250. The molecule has 0 aromatic heterocycles. The largest absolute Gasteiger partial charge is 0.339 e. The average Bonchev–Trinajstić information content (AvgIpc) is 2.69. The molecule has 0 atom stereocenters. The Morgan fingerprint density at radius 1 is 1.04 bits per heavy atom. The first-order valence-corrected chi connectivity index (χ1v) is 8.56. The van der Waals surface area contributed by atoms with E-state index in [1.807, 2.05) is 18.2 Å². The molecule has 2 amide bonds. The van der Waals surface area contributed by atoms with E-state index >= 15 is 0 Å². The van der Waals surface area contributed by atoms with Crippen molar-refractivity contribution in [2.24, 2.45) is 11.0 Å². The maximum atomic E-state index is 12.8. The number of hydrazone groups is 1. The van der Waals surface area contributed by atoms with Crippen molar-refractivity contribution in [3.05, 3.63) is 71.5 Å². The van der Waals surface area contributed by atoms with Crippen molar-refractivity contribution in [1.29, 1.82) is 0 Å². The molecule has 134 valence electrons. The Kier molecular flexibility index (Phi) is 5.73. The summed E-state index contributed by atoms with van der Waals surface area (Å²) in [5, 5.41) is 3.92. The molecule has 0 aliphatic carbocycles. The quantitative estimate of drug-likeness (QED) is 0.679. The molecule has 0 radical (unpaired) electrons. The second-order valence-electron chi connectivity index (χ2n) is 6.22. The number of benzene rings is 2. The lowest BCUT2D eigenvalue weighted by atomic mass is 9.95. The summed E-state index contributed by atoms with van der Waals surface area (Å²) in [4.78, 5) is 26.4. The van der Waals surface area contributed by atoms with E-state index in [-0.39, 0.29) is 23.5 Å². The van der Waals surface area contributed by atoms with Crippen molar-refractivity contribution in [2.75, 3.05) is 13.1 Å². The van der Waals surface area contributed by atoms with Gasteiger partial charge in [0.2, 0.25) is 5.91 Å². The number of nitrogens with zero attached hydrogens (tertiary/aromatic N) is 2. The summed E-state index contributed by atoms with van der Waals surface area (Å²) < 4.78 is 12.8. The van der Waals surface area contributed by atoms with E-state index in [2.05, 4.69) is 10.5 Å². The minimum Gasteiger partial charge on any atom is -0.339 e. The second-order valence-corrected chi connectivity index (χ2v) is 6.22. The van der Waals surface area contributed by atoms with Gasteiger partial charge in [-0.15, -0.1) is 0 Å². The maximum Gasteiger partial charge on any atom is 0.253 e. The van der Waals surface area contributed by atoms with Crippen LogP contribution in [0.25, 0.3) is 0 Å². The molecule has 0 unspecified atom stereocenters. The van der Waals surface area contributed by atoms with Gasteiger partial charge in [0.1, 0.15) is 5.82 Å². The number of rotatable bonds is 4. The minimum atomic E-state index is -0.317. The normalized spacial score (nSPS) is 15.2. The molecule has 1 N–H and O–H groups in total. The molecule has 1 heterocycles. The molecule has 1 saturated heterocycles. The SMILES string of the molecule is O=C(N/N=C\c1ccc(F)cc1)C1CCN(C(=O)c2ccccc2)CC1. The zero-order valence-corrected chi connectivity index (χ0v) is 14.3. The van der Waals surface area contributed by atoms with Gasteiger partial charge < -0.3 is 4.90 Å². The topological polar surface area (TPSA) is 61.8 Å². The third-order valence-electron chi connectivity index (χ3n) is 4.43. The van der Waals surface area contributed by atoms with Crippen LogP contribution in [0, 0.1) is 11.7 Å². The van der Waals surface area contributed by atoms with E-state index in [9.17, 15) is 14.0 Å². The number of carbonyl (C=O) groups is 2. The Hall–Kier alpha value is -3.02. The van der Waals surface area contributed by atoms with E-state index in [1.165, 1.54) is 18.3 Å². The van der Waals surface area contributed by atoms with Gasteiger partial charge in [0, 0.05) is 24.6 Å². The first-order chi connectivity index (χ1) is 12.6. The van der Waals surface area contributed by atoms with Crippen LogP contribution in [-0.2, 0) is 4.79 Å². The van der Waals surface area contributed by atoms with Crippen LogP contribution in [0.1, 0.15) is 28.8 Å². The lowest BCUT2D eigenvalue weighted by molar-refractivity contribution is -0.126. The lowest BCUT2D eigenvalue weighted by Gasteiger charge is -2.31. The zero-order valence-electron chi connectivity index (χ0n) is 14.3. The molecule has 26 heavy (non-hydrogen) atoms. The fourth-order valence-electron chi connectivity index (χ4n) is 2.92. The highest BCUT2D eigenvalue weighted by atomic mass is 19.1. The van der Waals surface area contributed by atoms with E-state index in [1.54, 1.807) is 29.2 Å². The number of halogens is 1. The van der Waals surface area contributed by atoms with Gasteiger partial charge in [0.25, 0.3) is 5.91 Å². The molecule has 0 bridgehead atoms. The molecular formula is C20H20FN3O2. The van der Waals surface area contributed by atoms with Gasteiger partial charge in [-0.05, 0) is 42.7 Å². The molecule has 5 nitrogen and oxygen atoms in total. The van der Waals surface area contributed by atoms with Gasteiger partial charge in [-0.2, -0.15) is 5.10 Å². The van der Waals surface area contributed by atoms with Crippen LogP contribution in [0.5, 0.6) is 0 Å². The molecule has 1 fully saturated rings. The zero-order chi connectivity index (χ0) is 18.4. The molecular weight excluding hydrogens is 333 g/mol. The molecule has 6 heteroatoms. The van der Waals surface area contributed by atoms with Crippen molar-refractivity contribution >= 4 is 18.0 Å². The van der Waals surface area contributed by atoms with Gasteiger partial charge >= 0.3 is 0 Å².